The van der Waals surface area contributed by atoms with Crippen LogP contribution in [0.25, 0.3) is 0 Å². The molecule has 0 heterocycles. The maximum atomic E-state index is 12.2. The minimum Gasteiger partial charge on any atom is -0.261 e. The van der Waals surface area contributed by atoms with Gasteiger partial charge in [-0.3, -0.25) is 9.71 Å². The zero-order valence-electron chi connectivity index (χ0n) is 12.8. The Labute approximate surface area is 136 Å². The van der Waals surface area contributed by atoms with Crippen LogP contribution in [0, 0.1) is 0 Å². The van der Waals surface area contributed by atoms with E-state index in [1.807, 2.05) is 6.26 Å². The molecule has 0 saturated carbocycles. The molecular weight excluding hydrogens is 324 g/mol. The third kappa shape index (κ3) is 7.24. The summed E-state index contributed by atoms with van der Waals surface area (Å²) < 4.78 is 27.1. The van der Waals surface area contributed by atoms with Crippen LogP contribution in [0.1, 0.15) is 20.8 Å². The molecule has 0 radical (unpaired) electrons. The van der Waals surface area contributed by atoms with E-state index >= 15 is 0 Å². The fraction of sp³-hybridized carbons (Fsp3) is 0.500. The zero-order valence-corrected chi connectivity index (χ0v) is 15.2. The van der Waals surface area contributed by atoms with Gasteiger partial charge in [0.05, 0.1) is 11.4 Å². The number of rotatable bonds is 5. The number of amidine groups is 1. The summed E-state index contributed by atoms with van der Waals surface area (Å²) in [6.07, 6.45) is 1.81. The second-order valence-corrected chi connectivity index (χ2v) is 9.67. The van der Waals surface area contributed by atoms with E-state index in [0.29, 0.717) is 11.7 Å². The molecule has 21 heavy (non-hydrogen) atoms. The van der Waals surface area contributed by atoms with Crippen LogP contribution in [0.15, 0.2) is 40.2 Å². The number of sulfonamides is 1. The van der Waals surface area contributed by atoms with Gasteiger partial charge in [0.2, 0.25) is 0 Å². The third-order valence-electron chi connectivity index (χ3n) is 2.35. The minimum absolute atomic E-state index is 0.193. The molecule has 0 unspecified atom stereocenters. The molecule has 0 aliphatic heterocycles. The predicted molar refractivity (Wildman–Crippen MR) is 94.8 cm³/mol. The van der Waals surface area contributed by atoms with E-state index in [-0.39, 0.29) is 9.64 Å². The van der Waals surface area contributed by atoms with Crippen molar-refractivity contribution >= 4 is 38.7 Å². The smallest absolute Gasteiger partial charge is 0.261 e. The van der Waals surface area contributed by atoms with Crippen LogP contribution in [0.5, 0.6) is 0 Å². The first-order valence-corrected chi connectivity index (χ1v) is 10.2. The molecule has 0 fully saturated rings. The minimum atomic E-state index is -3.55. The molecule has 0 aliphatic carbocycles. The van der Waals surface area contributed by atoms with Crippen molar-refractivity contribution in [3.8, 4) is 0 Å². The summed E-state index contributed by atoms with van der Waals surface area (Å²) in [5.41, 5.74) is 0. The lowest BCUT2D eigenvalue weighted by molar-refractivity contribution is 0.593. The highest BCUT2D eigenvalue weighted by Gasteiger charge is 2.15. The van der Waals surface area contributed by atoms with E-state index in [4.69, 9.17) is 0 Å². The number of aliphatic imine (C=N–C) groups is 1. The fourth-order valence-corrected chi connectivity index (χ4v) is 4.02. The van der Waals surface area contributed by atoms with Crippen molar-refractivity contribution in [3.05, 3.63) is 30.3 Å². The Morgan fingerprint density at radius 1 is 1.24 bits per heavy atom. The average Bonchev–Trinajstić information content (AvgIpc) is 2.42. The summed E-state index contributed by atoms with van der Waals surface area (Å²) in [5, 5.41) is 0.424. The molecule has 4 nitrogen and oxygen atoms in total. The number of thioether (sulfide) groups is 2. The molecule has 7 heteroatoms. The molecule has 0 bridgehead atoms. The van der Waals surface area contributed by atoms with E-state index in [1.165, 1.54) is 11.8 Å². The van der Waals surface area contributed by atoms with Gasteiger partial charge >= 0.3 is 0 Å². The van der Waals surface area contributed by atoms with Gasteiger partial charge in [0.1, 0.15) is 0 Å². The number of nitrogens with one attached hydrogen (secondary N) is 1. The van der Waals surface area contributed by atoms with Crippen LogP contribution in [0.4, 0.5) is 0 Å². The zero-order chi connectivity index (χ0) is 15.9. The van der Waals surface area contributed by atoms with Gasteiger partial charge in [0, 0.05) is 10.5 Å². The van der Waals surface area contributed by atoms with Crippen molar-refractivity contribution in [2.75, 3.05) is 18.6 Å². The number of hydrogen-bond acceptors (Lipinski definition) is 5. The summed E-state index contributed by atoms with van der Waals surface area (Å²) in [7, 11) is -3.55. The van der Waals surface area contributed by atoms with Crippen molar-refractivity contribution < 1.29 is 8.42 Å². The Hall–Kier alpha value is -0.660. The summed E-state index contributed by atoms with van der Waals surface area (Å²) >= 11 is 3.11. The molecule has 0 aliphatic rings. The van der Waals surface area contributed by atoms with Gasteiger partial charge in [-0.15, -0.1) is 0 Å². The van der Waals surface area contributed by atoms with Crippen LogP contribution in [-0.4, -0.2) is 36.9 Å². The van der Waals surface area contributed by atoms with Crippen molar-refractivity contribution in [2.24, 2.45) is 4.99 Å². The van der Waals surface area contributed by atoms with Gasteiger partial charge < -0.3 is 0 Å². The van der Waals surface area contributed by atoms with Crippen molar-refractivity contribution in [3.63, 3.8) is 0 Å². The quantitative estimate of drug-likeness (QED) is 0.505. The largest absolute Gasteiger partial charge is 0.263 e. The van der Waals surface area contributed by atoms with Gasteiger partial charge in [-0.05, 0) is 18.4 Å². The molecule has 1 aromatic carbocycles. The molecule has 0 amide bonds. The number of nitrogens with zero attached hydrogens (tertiary/aromatic N) is 1. The molecule has 118 valence electrons. The van der Waals surface area contributed by atoms with E-state index in [9.17, 15) is 8.42 Å². The molecule has 1 aromatic rings. The van der Waals surface area contributed by atoms with Crippen LogP contribution in [0.2, 0.25) is 0 Å². The summed E-state index contributed by atoms with van der Waals surface area (Å²) in [6.45, 7) is 7.04. The molecule has 0 aromatic heterocycles. The predicted octanol–water partition coefficient (Wildman–Crippen LogP) is 3.22. The molecule has 0 saturated heterocycles. The SMILES string of the molecule is CSC(=NCCSC(C)(C)C)NS(=O)(=O)c1ccccc1. The van der Waals surface area contributed by atoms with E-state index in [1.54, 1.807) is 42.1 Å². The Morgan fingerprint density at radius 3 is 2.38 bits per heavy atom. The van der Waals surface area contributed by atoms with Crippen molar-refractivity contribution in [1.82, 2.24) is 4.72 Å². The lowest BCUT2D eigenvalue weighted by Crippen LogP contribution is -2.28. The molecule has 0 spiro atoms. The van der Waals surface area contributed by atoms with Crippen molar-refractivity contribution in [2.45, 2.75) is 30.4 Å². The summed E-state index contributed by atoms with van der Waals surface area (Å²) in [6, 6.07) is 8.31. The molecule has 1 rings (SSSR count). The maximum absolute atomic E-state index is 12.2. The topological polar surface area (TPSA) is 58.5 Å². The third-order valence-corrected chi connectivity index (χ3v) is 5.70. The first kappa shape index (κ1) is 18.4. The lowest BCUT2D eigenvalue weighted by atomic mass is 10.3. The van der Waals surface area contributed by atoms with Crippen LogP contribution in [0.3, 0.4) is 0 Å². The van der Waals surface area contributed by atoms with Gasteiger partial charge in [0.15, 0.2) is 5.17 Å². The standard InChI is InChI=1S/C14H22N2O2S3/c1-14(2,3)20-11-10-15-13(19-4)16-21(17,18)12-8-6-5-7-9-12/h5-9H,10-11H2,1-4H3,(H,15,16). The monoisotopic (exact) mass is 346 g/mol. The lowest BCUT2D eigenvalue weighted by Gasteiger charge is -2.16. The van der Waals surface area contributed by atoms with Gasteiger partial charge in [-0.1, -0.05) is 50.7 Å². The van der Waals surface area contributed by atoms with Crippen molar-refractivity contribution in [1.29, 1.82) is 0 Å². The Kier molecular flexibility index (Phi) is 7.09. The van der Waals surface area contributed by atoms with Gasteiger partial charge in [-0.2, -0.15) is 11.8 Å². The molecular formula is C14H22N2O2S3. The summed E-state index contributed by atoms with van der Waals surface area (Å²) in [4.78, 5) is 4.57. The second kappa shape index (κ2) is 8.10. The number of hydrogen-bond donors (Lipinski definition) is 1. The first-order chi connectivity index (χ1) is 9.74. The highest BCUT2D eigenvalue weighted by atomic mass is 32.2. The van der Waals surface area contributed by atoms with E-state index in [2.05, 4.69) is 30.5 Å². The molecule has 1 N–H and O–H groups in total. The van der Waals surface area contributed by atoms with Crippen LogP contribution < -0.4 is 4.72 Å². The van der Waals surface area contributed by atoms with E-state index in [0.717, 1.165) is 5.75 Å². The normalized spacial score (nSPS) is 13.2. The Morgan fingerprint density at radius 2 is 1.86 bits per heavy atom. The number of benzene rings is 1. The highest BCUT2D eigenvalue weighted by Crippen LogP contribution is 2.22. The van der Waals surface area contributed by atoms with Gasteiger partial charge in [-0.25, -0.2) is 8.42 Å². The van der Waals surface area contributed by atoms with E-state index < -0.39 is 10.0 Å². The Balaban J connectivity index is 2.65. The van der Waals surface area contributed by atoms with Gasteiger partial charge in [0.25, 0.3) is 10.0 Å². The van der Waals surface area contributed by atoms with Crippen LogP contribution in [-0.2, 0) is 10.0 Å². The maximum Gasteiger partial charge on any atom is 0.263 e. The average molecular weight is 347 g/mol. The fourth-order valence-electron chi connectivity index (χ4n) is 1.41. The Bertz CT molecular complexity index is 564. The second-order valence-electron chi connectivity index (χ2n) is 5.27. The summed E-state index contributed by atoms with van der Waals surface area (Å²) in [5.74, 6) is 0.862. The van der Waals surface area contributed by atoms with Crippen LogP contribution >= 0.6 is 23.5 Å². The first-order valence-electron chi connectivity index (χ1n) is 6.55. The highest BCUT2D eigenvalue weighted by molar-refractivity contribution is 8.14. The molecule has 0 atom stereocenters.